The van der Waals surface area contributed by atoms with Gasteiger partial charge in [0.15, 0.2) is 0 Å². The molecule has 129 heavy (non-hydrogen) atoms. The van der Waals surface area contributed by atoms with Crippen molar-refractivity contribution in [3.8, 4) is 0 Å². The quantitative estimate of drug-likeness (QED) is 0.0290. The van der Waals surface area contributed by atoms with E-state index in [2.05, 4.69) is 20.4 Å². The second-order valence-corrected chi connectivity index (χ2v) is 37.5. The Morgan fingerprint density at radius 2 is 0.690 bits per heavy atom. The van der Waals surface area contributed by atoms with Crippen LogP contribution in [0, 0.1) is 32.1 Å². The highest BCUT2D eigenvalue weighted by Gasteiger charge is 2.33. The maximum Gasteiger partial charge on any atom is 0.410 e. The van der Waals surface area contributed by atoms with Crippen molar-refractivity contribution in [3.05, 3.63) is 224 Å². The predicted octanol–water partition coefficient (Wildman–Crippen LogP) is 18.4. The molecule has 0 atom stereocenters. The summed E-state index contributed by atoms with van der Waals surface area (Å²) in [5, 5.41) is 36.8. The highest BCUT2D eigenvalue weighted by atomic mass is 16.6. The summed E-state index contributed by atoms with van der Waals surface area (Å²) in [6, 6.07) is 34.6. The number of nitrogens with one attached hydrogen (secondary N) is 3. The Morgan fingerprint density at radius 1 is 0.388 bits per heavy atom. The molecule has 2 saturated carbocycles. The van der Waals surface area contributed by atoms with E-state index >= 15 is 0 Å². The largest absolute Gasteiger partial charge is 0.444 e. The van der Waals surface area contributed by atoms with Crippen molar-refractivity contribution < 1.29 is 52.4 Å². The van der Waals surface area contributed by atoms with Crippen molar-refractivity contribution in [2.24, 2.45) is 11.8 Å². The van der Waals surface area contributed by atoms with Crippen molar-refractivity contribution in [1.82, 2.24) is 38.3 Å². The van der Waals surface area contributed by atoms with Gasteiger partial charge in [-0.15, -0.1) is 0 Å². The van der Waals surface area contributed by atoms with E-state index < -0.39 is 32.3 Å². The van der Waals surface area contributed by atoms with Gasteiger partial charge in [0.1, 0.15) is 16.8 Å². The minimum atomic E-state index is -0.564. The van der Waals surface area contributed by atoms with E-state index in [9.17, 15) is 68.2 Å². The fourth-order valence-electron chi connectivity index (χ4n) is 18.1. The lowest BCUT2D eigenvalue weighted by Gasteiger charge is -2.34. The van der Waals surface area contributed by atoms with Crippen LogP contribution in [0.15, 0.2) is 181 Å². The van der Waals surface area contributed by atoms with E-state index in [0.717, 1.165) is 92.6 Å². The standard InChI is InChI=1S/C28H39N3O4.C23H31N3O2.C19H23N3O5.C19H25N3O3.C9H5NO4/c1-28(2,3)35-27(34)30-16-13-21(14-17-30)31-18-15-22-23(26(31)33)11-8-12-24(22)29-25(32)19-20-9-6-4-5-7-10-20;27-22(16-17-6-3-1-2-4-7-17)25-21-9-5-8-20-19(21)12-15-26(23(20)28)18-10-13-24-14-11-18;1-19(2,3)27-18(24)20-10-7-13(8-11-20)21-12-9-14-15(17(21)23)5-4-6-16(14)22(25)26;1-19(2,3)25-18(24)21-10-7-13(8-11-21)22-12-9-14-15(17(22)23)5-4-6-16(14)20;11-9-7-2-1-3-8(10(12)13)6(7)4-5-14-9/h8,11-12,15,18,20-21H,4-7,9-10,13-14,16-17,19H2,1-3H3,(H,29,32);5,8-9,12,15,17-18,24H,1-4,6-7,10-11,13-14,16H2,(H,25,27);4-6,9,12-13H,7-8,10-11H2,1-3H3;4-6,9,12-13H,7-8,10-11,20H2,1-3H3;1-5H. The maximum absolute atomic E-state index is 13.4. The topological polar surface area (TPSA) is 389 Å². The average molecular weight is 1770 g/mol. The molecule has 10 aromatic rings. The number of nitrogens with two attached hydrogens (primary N) is 1. The second kappa shape index (κ2) is 43.0. The zero-order valence-electron chi connectivity index (χ0n) is 75.6. The van der Waals surface area contributed by atoms with E-state index in [1.54, 1.807) is 64.9 Å². The van der Waals surface area contributed by atoms with Crippen LogP contribution in [0.2, 0.25) is 0 Å². The number of likely N-dealkylation sites (tertiary alicyclic amines) is 3. The van der Waals surface area contributed by atoms with Crippen LogP contribution in [0.3, 0.4) is 0 Å². The van der Waals surface area contributed by atoms with E-state index in [4.69, 9.17) is 19.9 Å². The number of rotatable bonds is 12. The van der Waals surface area contributed by atoms with Gasteiger partial charge >= 0.3 is 23.9 Å². The molecule has 31 nitrogen and oxygen atoms in total. The van der Waals surface area contributed by atoms with Crippen LogP contribution in [0.5, 0.6) is 0 Å². The number of benzene rings is 5. The lowest BCUT2D eigenvalue weighted by molar-refractivity contribution is -0.383. The zero-order chi connectivity index (χ0) is 92.4. The van der Waals surface area contributed by atoms with Crippen LogP contribution in [0.4, 0.5) is 42.8 Å². The maximum atomic E-state index is 13.4. The number of carbonyl (C=O) groups is 5. The monoisotopic (exact) mass is 1770 g/mol. The molecule has 0 spiro atoms. The summed E-state index contributed by atoms with van der Waals surface area (Å²) < 4.78 is 27.9. The zero-order valence-corrected chi connectivity index (χ0v) is 75.6. The van der Waals surface area contributed by atoms with Gasteiger partial charge in [-0.1, -0.05) is 81.7 Å². The van der Waals surface area contributed by atoms with Gasteiger partial charge in [-0.2, -0.15) is 0 Å². The van der Waals surface area contributed by atoms with Crippen LogP contribution in [0.1, 0.15) is 228 Å². The summed E-state index contributed by atoms with van der Waals surface area (Å²) in [6.45, 7) is 21.8. The van der Waals surface area contributed by atoms with Gasteiger partial charge in [0.2, 0.25) is 11.8 Å². The number of nitrogens with zero attached hydrogens (tertiary/aromatic N) is 9. The number of fused-ring (bicyclic) bond motifs is 5. The summed E-state index contributed by atoms with van der Waals surface area (Å²) in [4.78, 5) is 151. The van der Waals surface area contributed by atoms with Gasteiger partial charge in [0, 0.05) is 163 Å². The Hall–Kier alpha value is -12.5. The highest BCUT2D eigenvalue weighted by Crippen LogP contribution is 2.35. The normalized spacial score (nSPS) is 16.7. The first-order valence-electron chi connectivity index (χ1n) is 45.4. The summed E-state index contributed by atoms with van der Waals surface area (Å²) in [7, 11) is 0. The number of piperidine rings is 4. The molecule has 0 radical (unpaired) electrons. The summed E-state index contributed by atoms with van der Waals surface area (Å²) in [5.74, 6) is 1.05. The first-order chi connectivity index (χ1) is 61.6. The minimum absolute atomic E-state index is 0.0269. The smallest absolute Gasteiger partial charge is 0.410 e. The molecular formula is C98H123N13O18. The fourth-order valence-corrected chi connectivity index (χ4v) is 18.1. The second-order valence-electron chi connectivity index (χ2n) is 37.5. The number of pyridine rings is 4. The Labute approximate surface area is 748 Å². The van der Waals surface area contributed by atoms with Gasteiger partial charge in [0.25, 0.3) is 33.6 Å². The molecule has 5 N–H and O–H groups in total. The number of nitrogen functional groups attached to an aromatic ring is 1. The predicted molar refractivity (Wildman–Crippen MR) is 501 cm³/mol. The SMILES string of the molecule is CC(C)(C)OC(=O)N1CCC(n2ccc3c(N)cccc3c2=O)CC1.CC(C)(C)OC(=O)N1CCC(n2ccc3c(NC(=O)CC4CCCCCC4)cccc3c2=O)CC1.CC(C)(C)OC(=O)N1CCC(n2ccc3c([N+](=O)[O-])cccc3c2=O)CC1.O=C(CC1CCCCCC1)Nc1cccc2c(=O)n(C3CCNCC3)ccc12.O=c1occc2c([N+](=O)[O-])cccc12. The number of nitro benzene ring substituents is 2. The molecule has 4 aliphatic heterocycles. The third kappa shape index (κ3) is 25.3. The van der Waals surface area contributed by atoms with Gasteiger partial charge in [-0.25, -0.2) is 19.2 Å². The van der Waals surface area contributed by atoms with Crippen molar-refractivity contribution in [2.45, 2.75) is 245 Å². The lowest BCUT2D eigenvalue weighted by Crippen LogP contribution is -2.43. The molecular weight excluding hydrogens is 1650 g/mol. The summed E-state index contributed by atoms with van der Waals surface area (Å²) in [5.41, 5.74) is 5.45. The third-order valence-corrected chi connectivity index (χ3v) is 24.7. The number of amides is 5. The van der Waals surface area contributed by atoms with Crippen molar-refractivity contribution in [3.63, 3.8) is 0 Å². The van der Waals surface area contributed by atoms with Crippen LogP contribution in [0.25, 0.3) is 53.9 Å². The fraction of sp³-hybridized carbons (Fsp3) is 0.490. The molecule has 9 heterocycles. The van der Waals surface area contributed by atoms with Crippen molar-refractivity contribution in [2.75, 3.05) is 68.7 Å². The Morgan fingerprint density at radius 3 is 1.05 bits per heavy atom. The number of anilines is 3. The number of non-ortho nitro benzene ring substituents is 2. The van der Waals surface area contributed by atoms with Gasteiger partial charge < -0.3 is 73.3 Å². The minimum Gasteiger partial charge on any atom is -0.444 e. The Bertz CT molecular complexity index is 5990. The molecule has 0 bridgehead atoms. The molecule has 5 aromatic heterocycles. The molecule has 2 aliphatic carbocycles. The van der Waals surface area contributed by atoms with Gasteiger partial charge in [0.05, 0.1) is 37.7 Å². The number of nitro groups is 2. The highest BCUT2D eigenvalue weighted by molar-refractivity contribution is 6.03. The number of hydrogen-bond acceptors (Lipinski definition) is 20. The third-order valence-electron chi connectivity index (χ3n) is 24.7. The van der Waals surface area contributed by atoms with Gasteiger partial charge in [-0.05, 0) is 243 Å². The summed E-state index contributed by atoms with van der Waals surface area (Å²) >= 11 is 0. The first-order valence-corrected chi connectivity index (χ1v) is 45.4. The number of aromatic nitrogens is 4. The molecule has 0 unspecified atom stereocenters. The Balaban J connectivity index is 0.000000149. The molecule has 4 saturated heterocycles. The van der Waals surface area contributed by atoms with Gasteiger partial charge in [-0.3, -0.25) is 49.0 Å². The number of ether oxygens (including phenoxy) is 3. The van der Waals surface area contributed by atoms with E-state index in [1.807, 2.05) is 140 Å². The molecule has 5 aromatic carbocycles. The van der Waals surface area contributed by atoms with Crippen LogP contribution >= 0.6 is 0 Å². The van der Waals surface area contributed by atoms with Crippen molar-refractivity contribution >= 4 is 112 Å². The summed E-state index contributed by atoms with van der Waals surface area (Å²) in [6.07, 6.45) is 29.2. The van der Waals surface area contributed by atoms with E-state index in [0.29, 0.717) is 133 Å². The van der Waals surface area contributed by atoms with E-state index in [-0.39, 0.29) is 93.3 Å². The first kappa shape index (κ1) is 95.6. The molecule has 688 valence electrons. The molecule has 6 aliphatic rings. The van der Waals surface area contributed by atoms with Crippen LogP contribution < -0.4 is 49.5 Å². The van der Waals surface area contributed by atoms with Crippen LogP contribution in [-0.4, -0.2) is 142 Å². The number of hydrogen-bond donors (Lipinski definition) is 4. The van der Waals surface area contributed by atoms with Crippen LogP contribution in [-0.2, 0) is 23.8 Å². The number of carbonyl (C=O) groups excluding carboxylic acids is 5. The van der Waals surface area contributed by atoms with E-state index in [1.165, 1.54) is 87.8 Å². The molecule has 5 amide bonds. The Kier molecular flexibility index (Phi) is 31.9. The molecule has 6 fully saturated rings. The lowest BCUT2D eigenvalue weighted by atomic mass is 9.96. The molecule has 31 heteroatoms. The average Bonchev–Trinajstić information content (AvgIpc) is 0.913. The molecule has 16 rings (SSSR count). The van der Waals surface area contributed by atoms with Crippen molar-refractivity contribution in [1.29, 1.82) is 0 Å².